The molecule has 0 heterocycles. The molecule has 0 bridgehead atoms. The van der Waals surface area contributed by atoms with Crippen LogP contribution in [-0.2, 0) is 9.53 Å². The average molecular weight is 254 g/mol. The van der Waals surface area contributed by atoms with Gasteiger partial charge in [-0.05, 0) is 18.2 Å². The maximum Gasteiger partial charge on any atom is 0.411 e. The van der Waals surface area contributed by atoms with Gasteiger partial charge in [-0.25, -0.2) is 9.18 Å². The van der Waals surface area contributed by atoms with Gasteiger partial charge in [0.15, 0.2) is 0 Å². The van der Waals surface area contributed by atoms with Crippen LogP contribution < -0.4 is 10.6 Å². The molecule has 0 aromatic heterocycles. The number of hydrogen-bond acceptors (Lipinski definition) is 3. The molecule has 5 nitrogen and oxygen atoms in total. The Morgan fingerprint density at radius 2 is 1.94 bits per heavy atom. The molecule has 2 N–H and O–H groups in total. The number of rotatable bonds is 3. The molecule has 0 spiro atoms. The van der Waals surface area contributed by atoms with Crippen molar-refractivity contribution < 1.29 is 18.7 Å². The molecule has 0 atom stereocenters. The second-order valence-corrected chi connectivity index (χ2v) is 3.96. The van der Waals surface area contributed by atoms with Crippen molar-refractivity contribution in [2.45, 2.75) is 13.8 Å². The molecule has 1 aromatic rings. The van der Waals surface area contributed by atoms with E-state index in [4.69, 9.17) is 0 Å². The summed E-state index contributed by atoms with van der Waals surface area (Å²) < 4.78 is 17.9. The van der Waals surface area contributed by atoms with Crippen LogP contribution in [0.4, 0.5) is 20.6 Å². The lowest BCUT2D eigenvalue weighted by Crippen LogP contribution is -2.18. The van der Waals surface area contributed by atoms with Crippen LogP contribution in [0.25, 0.3) is 0 Å². The Morgan fingerprint density at radius 1 is 1.28 bits per heavy atom. The second kappa shape index (κ2) is 6.00. The molecule has 0 unspecified atom stereocenters. The lowest BCUT2D eigenvalue weighted by molar-refractivity contribution is -0.118. The van der Waals surface area contributed by atoms with Crippen molar-refractivity contribution in [2.24, 2.45) is 5.92 Å². The van der Waals surface area contributed by atoms with Crippen molar-refractivity contribution in [1.82, 2.24) is 0 Å². The third-order valence-corrected chi connectivity index (χ3v) is 2.18. The topological polar surface area (TPSA) is 67.4 Å². The number of halogens is 1. The fraction of sp³-hybridized carbons (Fsp3) is 0.333. The predicted octanol–water partition coefficient (Wildman–Crippen LogP) is 2.60. The zero-order valence-electron chi connectivity index (χ0n) is 10.4. The van der Waals surface area contributed by atoms with Gasteiger partial charge in [0.2, 0.25) is 5.91 Å². The zero-order valence-corrected chi connectivity index (χ0v) is 10.4. The zero-order chi connectivity index (χ0) is 13.7. The highest BCUT2D eigenvalue weighted by Crippen LogP contribution is 2.19. The lowest BCUT2D eigenvalue weighted by atomic mass is 10.2. The molecule has 98 valence electrons. The van der Waals surface area contributed by atoms with E-state index in [1.54, 1.807) is 13.8 Å². The van der Waals surface area contributed by atoms with Crippen molar-refractivity contribution in [3.05, 3.63) is 24.0 Å². The van der Waals surface area contributed by atoms with E-state index in [2.05, 4.69) is 15.4 Å². The van der Waals surface area contributed by atoms with Gasteiger partial charge in [-0.3, -0.25) is 10.1 Å². The molecule has 18 heavy (non-hydrogen) atoms. The van der Waals surface area contributed by atoms with E-state index in [9.17, 15) is 14.0 Å². The van der Waals surface area contributed by atoms with Crippen molar-refractivity contribution >= 4 is 23.4 Å². The number of nitrogens with one attached hydrogen (secondary N) is 2. The molecular weight excluding hydrogens is 239 g/mol. The Morgan fingerprint density at radius 3 is 2.44 bits per heavy atom. The van der Waals surface area contributed by atoms with E-state index in [0.717, 1.165) is 6.07 Å². The number of carbonyl (C=O) groups is 2. The first kappa shape index (κ1) is 14.0. The summed E-state index contributed by atoms with van der Waals surface area (Å²) in [5, 5.41) is 4.77. The SMILES string of the molecule is COC(=O)Nc1ccc(NC(=O)C(C)C)cc1F. The summed E-state index contributed by atoms with van der Waals surface area (Å²) in [6, 6.07) is 3.97. The third kappa shape index (κ3) is 3.73. The number of ether oxygens (including phenoxy) is 1. The molecule has 1 aromatic carbocycles. The highest BCUT2D eigenvalue weighted by atomic mass is 19.1. The molecule has 2 amide bonds. The van der Waals surface area contributed by atoms with Gasteiger partial charge in [-0.2, -0.15) is 0 Å². The van der Waals surface area contributed by atoms with E-state index >= 15 is 0 Å². The highest BCUT2D eigenvalue weighted by Gasteiger charge is 2.10. The van der Waals surface area contributed by atoms with Crippen LogP contribution in [0.2, 0.25) is 0 Å². The van der Waals surface area contributed by atoms with E-state index in [1.165, 1.54) is 19.2 Å². The molecule has 0 saturated carbocycles. The van der Waals surface area contributed by atoms with Crippen molar-refractivity contribution in [3.8, 4) is 0 Å². The van der Waals surface area contributed by atoms with Gasteiger partial charge in [0, 0.05) is 11.6 Å². The van der Waals surface area contributed by atoms with Crippen LogP contribution in [0.3, 0.4) is 0 Å². The molecule has 0 aliphatic carbocycles. The van der Waals surface area contributed by atoms with Crippen LogP contribution in [0.15, 0.2) is 18.2 Å². The molecule has 0 saturated heterocycles. The Labute approximate surface area is 104 Å². The number of carbonyl (C=O) groups excluding carboxylic acids is 2. The normalized spacial score (nSPS) is 10.1. The minimum absolute atomic E-state index is 0.00982. The summed E-state index contributed by atoms with van der Waals surface area (Å²) >= 11 is 0. The van der Waals surface area contributed by atoms with Crippen LogP contribution in [-0.4, -0.2) is 19.1 Å². The summed E-state index contributed by atoms with van der Waals surface area (Å²) in [5.74, 6) is -1.05. The number of benzene rings is 1. The Bertz CT molecular complexity index is 461. The van der Waals surface area contributed by atoms with Crippen LogP contribution in [0.1, 0.15) is 13.8 Å². The molecule has 0 fully saturated rings. The standard InChI is InChI=1S/C12H15FN2O3/c1-7(2)11(16)14-8-4-5-10(9(13)6-8)15-12(17)18-3/h4-7H,1-3H3,(H,14,16)(H,15,17). The molecule has 0 aliphatic rings. The predicted molar refractivity (Wildman–Crippen MR) is 65.9 cm³/mol. The van der Waals surface area contributed by atoms with Gasteiger partial charge in [0.1, 0.15) is 5.82 Å². The quantitative estimate of drug-likeness (QED) is 0.871. The van der Waals surface area contributed by atoms with Crippen molar-refractivity contribution in [2.75, 3.05) is 17.7 Å². The smallest absolute Gasteiger partial charge is 0.411 e. The highest BCUT2D eigenvalue weighted by molar-refractivity contribution is 5.92. The summed E-state index contributed by atoms with van der Waals surface area (Å²) in [4.78, 5) is 22.3. The van der Waals surface area contributed by atoms with Crippen LogP contribution in [0, 0.1) is 11.7 Å². The maximum atomic E-state index is 13.6. The molecule has 0 aliphatic heterocycles. The monoisotopic (exact) mass is 254 g/mol. The molecule has 6 heteroatoms. The van der Waals surface area contributed by atoms with Gasteiger partial charge < -0.3 is 10.1 Å². The van der Waals surface area contributed by atoms with Crippen LogP contribution in [0.5, 0.6) is 0 Å². The number of hydrogen-bond donors (Lipinski definition) is 2. The first-order valence-electron chi connectivity index (χ1n) is 5.39. The van der Waals surface area contributed by atoms with E-state index in [-0.39, 0.29) is 17.5 Å². The Hall–Kier alpha value is -2.11. The number of methoxy groups -OCH3 is 1. The Kier molecular flexibility index (Phi) is 4.65. The summed E-state index contributed by atoms with van der Waals surface area (Å²) in [5.41, 5.74) is 0.325. The van der Waals surface area contributed by atoms with E-state index < -0.39 is 11.9 Å². The first-order valence-corrected chi connectivity index (χ1v) is 5.39. The van der Waals surface area contributed by atoms with Gasteiger partial charge in [-0.15, -0.1) is 0 Å². The van der Waals surface area contributed by atoms with Gasteiger partial charge >= 0.3 is 6.09 Å². The van der Waals surface area contributed by atoms with Crippen LogP contribution >= 0.6 is 0 Å². The fourth-order valence-electron chi connectivity index (χ4n) is 1.14. The molecule has 0 radical (unpaired) electrons. The van der Waals surface area contributed by atoms with Crippen molar-refractivity contribution in [1.29, 1.82) is 0 Å². The molecule has 1 rings (SSSR count). The van der Waals surface area contributed by atoms with Crippen molar-refractivity contribution in [3.63, 3.8) is 0 Å². The largest absolute Gasteiger partial charge is 0.453 e. The van der Waals surface area contributed by atoms with Gasteiger partial charge in [-0.1, -0.05) is 13.8 Å². The summed E-state index contributed by atoms with van der Waals surface area (Å²) in [7, 11) is 1.18. The summed E-state index contributed by atoms with van der Waals surface area (Å²) in [6.07, 6.45) is -0.757. The Balaban J connectivity index is 2.79. The number of anilines is 2. The fourth-order valence-corrected chi connectivity index (χ4v) is 1.14. The van der Waals surface area contributed by atoms with E-state index in [0.29, 0.717) is 5.69 Å². The second-order valence-electron chi connectivity index (χ2n) is 3.96. The number of amides is 2. The lowest BCUT2D eigenvalue weighted by Gasteiger charge is -2.10. The third-order valence-electron chi connectivity index (χ3n) is 2.18. The average Bonchev–Trinajstić information content (AvgIpc) is 2.32. The van der Waals surface area contributed by atoms with Gasteiger partial charge in [0.05, 0.1) is 12.8 Å². The minimum atomic E-state index is -0.757. The first-order chi connectivity index (χ1) is 8.43. The minimum Gasteiger partial charge on any atom is -0.453 e. The maximum absolute atomic E-state index is 13.6. The summed E-state index contributed by atoms with van der Waals surface area (Å²) in [6.45, 7) is 3.47. The van der Waals surface area contributed by atoms with E-state index in [1.807, 2.05) is 0 Å². The van der Waals surface area contributed by atoms with Gasteiger partial charge in [0.25, 0.3) is 0 Å². The molecular formula is C12H15FN2O3.